The number of carbonyl (C=O) groups is 1. The van der Waals surface area contributed by atoms with Crippen molar-refractivity contribution in [3.05, 3.63) is 57.5 Å². The number of hydrogen-bond acceptors (Lipinski definition) is 5. The maximum atomic E-state index is 12.6. The van der Waals surface area contributed by atoms with Gasteiger partial charge in [-0.25, -0.2) is 9.78 Å². The van der Waals surface area contributed by atoms with Crippen molar-refractivity contribution in [2.45, 2.75) is 19.9 Å². The van der Waals surface area contributed by atoms with Crippen molar-refractivity contribution in [1.29, 1.82) is 0 Å². The van der Waals surface area contributed by atoms with E-state index in [1.54, 1.807) is 6.92 Å². The van der Waals surface area contributed by atoms with E-state index < -0.39 is 5.97 Å². The van der Waals surface area contributed by atoms with Crippen LogP contribution in [-0.4, -0.2) is 27.2 Å². The van der Waals surface area contributed by atoms with E-state index in [0.29, 0.717) is 30.2 Å². The molecule has 0 atom stereocenters. The Morgan fingerprint density at radius 3 is 2.79 bits per heavy atom. The van der Waals surface area contributed by atoms with Gasteiger partial charge in [-0.2, -0.15) is 0 Å². The molecule has 0 bridgehead atoms. The van der Waals surface area contributed by atoms with Crippen LogP contribution >= 0.6 is 11.3 Å². The van der Waals surface area contributed by atoms with Crippen molar-refractivity contribution in [2.24, 2.45) is 0 Å². The van der Waals surface area contributed by atoms with Crippen molar-refractivity contribution in [3.63, 3.8) is 0 Å². The SMILES string of the molecule is Cc1nc2scc(C(=O)O)c2c(=O)n1CCCOc1ccccc1. The maximum absolute atomic E-state index is 12.6. The lowest BCUT2D eigenvalue weighted by Gasteiger charge is -2.10. The number of carboxylic acids is 1. The van der Waals surface area contributed by atoms with E-state index in [1.165, 1.54) is 21.3 Å². The highest BCUT2D eigenvalue weighted by molar-refractivity contribution is 7.17. The first-order valence-electron chi connectivity index (χ1n) is 7.47. The van der Waals surface area contributed by atoms with Crippen LogP contribution in [0.5, 0.6) is 5.75 Å². The second kappa shape index (κ2) is 6.84. The topological polar surface area (TPSA) is 81.4 Å². The number of nitrogens with zero attached hydrogens (tertiary/aromatic N) is 2. The number of hydrogen-bond donors (Lipinski definition) is 1. The van der Waals surface area contributed by atoms with E-state index in [9.17, 15) is 14.7 Å². The third-order valence-corrected chi connectivity index (χ3v) is 4.53. The molecule has 6 nitrogen and oxygen atoms in total. The van der Waals surface area contributed by atoms with Crippen LogP contribution in [0.1, 0.15) is 22.6 Å². The molecule has 0 spiro atoms. The molecule has 2 heterocycles. The number of aryl methyl sites for hydroxylation is 1. The maximum Gasteiger partial charge on any atom is 0.337 e. The largest absolute Gasteiger partial charge is 0.494 e. The normalized spacial score (nSPS) is 10.9. The Balaban J connectivity index is 1.78. The van der Waals surface area contributed by atoms with Gasteiger partial charge in [0.2, 0.25) is 0 Å². The minimum Gasteiger partial charge on any atom is -0.494 e. The molecule has 0 unspecified atom stereocenters. The Labute approximate surface area is 142 Å². The quantitative estimate of drug-likeness (QED) is 0.695. The molecule has 0 saturated carbocycles. The highest BCUT2D eigenvalue weighted by atomic mass is 32.1. The van der Waals surface area contributed by atoms with Gasteiger partial charge in [0.05, 0.1) is 17.6 Å². The minimum atomic E-state index is -1.11. The van der Waals surface area contributed by atoms with Gasteiger partial charge in [-0.3, -0.25) is 9.36 Å². The molecular weight excluding hydrogens is 328 g/mol. The summed E-state index contributed by atoms with van der Waals surface area (Å²) in [5.41, 5.74) is -0.294. The first-order valence-corrected chi connectivity index (χ1v) is 8.35. The first-order chi connectivity index (χ1) is 11.6. The molecule has 0 fully saturated rings. The molecule has 0 aliphatic rings. The Kier molecular flexibility index (Phi) is 4.61. The third-order valence-electron chi connectivity index (χ3n) is 3.65. The minimum absolute atomic E-state index is 0.0155. The van der Waals surface area contributed by atoms with Crippen LogP contribution in [0.25, 0.3) is 10.2 Å². The summed E-state index contributed by atoms with van der Waals surface area (Å²) in [4.78, 5) is 28.7. The number of aromatic carboxylic acids is 1. The summed E-state index contributed by atoms with van der Waals surface area (Å²) >= 11 is 1.17. The van der Waals surface area contributed by atoms with E-state index >= 15 is 0 Å². The highest BCUT2D eigenvalue weighted by Gasteiger charge is 2.18. The lowest BCUT2D eigenvalue weighted by atomic mass is 10.2. The van der Waals surface area contributed by atoms with Crippen molar-refractivity contribution < 1.29 is 14.6 Å². The summed E-state index contributed by atoms with van der Waals surface area (Å²) in [6.45, 7) is 2.64. The lowest BCUT2D eigenvalue weighted by Crippen LogP contribution is -2.25. The van der Waals surface area contributed by atoms with Crippen LogP contribution in [0.4, 0.5) is 0 Å². The molecule has 0 aliphatic carbocycles. The van der Waals surface area contributed by atoms with E-state index in [-0.39, 0.29) is 16.5 Å². The Bertz CT molecular complexity index is 931. The van der Waals surface area contributed by atoms with Gasteiger partial charge in [0.25, 0.3) is 5.56 Å². The number of fused-ring (bicyclic) bond motifs is 1. The average Bonchev–Trinajstić information content (AvgIpc) is 2.99. The second-order valence-corrected chi connectivity index (χ2v) is 6.12. The van der Waals surface area contributed by atoms with E-state index in [1.807, 2.05) is 30.3 Å². The number of aromatic nitrogens is 2. The van der Waals surface area contributed by atoms with Crippen LogP contribution in [-0.2, 0) is 6.54 Å². The second-order valence-electron chi connectivity index (χ2n) is 5.27. The van der Waals surface area contributed by atoms with Gasteiger partial charge < -0.3 is 9.84 Å². The number of rotatable bonds is 6. The molecule has 3 rings (SSSR count). The fourth-order valence-electron chi connectivity index (χ4n) is 2.48. The van der Waals surface area contributed by atoms with Gasteiger partial charge in [-0.1, -0.05) is 18.2 Å². The summed E-state index contributed by atoms with van der Waals surface area (Å²) in [6.07, 6.45) is 0.620. The Morgan fingerprint density at radius 2 is 2.08 bits per heavy atom. The van der Waals surface area contributed by atoms with Crippen LogP contribution in [0, 0.1) is 6.92 Å². The summed E-state index contributed by atoms with van der Waals surface area (Å²) in [7, 11) is 0. The molecular formula is C17H16N2O4S. The fourth-order valence-corrected chi connectivity index (χ4v) is 3.42. The molecule has 2 aromatic heterocycles. The van der Waals surface area contributed by atoms with Gasteiger partial charge >= 0.3 is 5.97 Å². The molecule has 1 aromatic carbocycles. The van der Waals surface area contributed by atoms with Crippen molar-refractivity contribution in [3.8, 4) is 5.75 Å². The number of thiophene rings is 1. The van der Waals surface area contributed by atoms with Gasteiger partial charge in [0.15, 0.2) is 0 Å². The van der Waals surface area contributed by atoms with Crippen molar-refractivity contribution in [2.75, 3.05) is 6.61 Å². The van der Waals surface area contributed by atoms with Gasteiger partial charge in [-0.05, 0) is 25.5 Å². The van der Waals surface area contributed by atoms with Crippen molar-refractivity contribution >= 4 is 27.5 Å². The van der Waals surface area contributed by atoms with Crippen LogP contribution in [0.2, 0.25) is 0 Å². The molecule has 0 radical (unpaired) electrons. The lowest BCUT2D eigenvalue weighted by molar-refractivity contribution is 0.0699. The highest BCUT2D eigenvalue weighted by Crippen LogP contribution is 2.21. The van der Waals surface area contributed by atoms with Gasteiger partial charge in [-0.15, -0.1) is 11.3 Å². The molecule has 24 heavy (non-hydrogen) atoms. The standard InChI is InChI=1S/C17H16N2O4S/c1-11-18-15-14(13(10-24-15)17(21)22)16(20)19(11)8-5-9-23-12-6-3-2-4-7-12/h2-4,6-7,10H,5,8-9H2,1H3,(H,21,22). The smallest absolute Gasteiger partial charge is 0.337 e. The third kappa shape index (κ3) is 3.16. The average molecular weight is 344 g/mol. The zero-order chi connectivity index (χ0) is 17.1. The molecule has 1 N–H and O–H groups in total. The predicted octanol–water partition coefficient (Wildman–Crippen LogP) is 2.93. The molecule has 124 valence electrons. The van der Waals surface area contributed by atoms with E-state index in [2.05, 4.69) is 4.98 Å². The molecule has 0 aliphatic heterocycles. The number of benzene rings is 1. The molecule has 0 amide bonds. The van der Waals surface area contributed by atoms with Crippen molar-refractivity contribution in [1.82, 2.24) is 9.55 Å². The number of ether oxygens (including phenoxy) is 1. The summed E-state index contributed by atoms with van der Waals surface area (Å²) in [5.74, 6) is 0.245. The van der Waals surface area contributed by atoms with Crippen LogP contribution in [0.15, 0.2) is 40.5 Å². The first kappa shape index (κ1) is 16.2. The molecule has 7 heteroatoms. The zero-order valence-electron chi connectivity index (χ0n) is 13.1. The van der Waals surface area contributed by atoms with Crippen LogP contribution < -0.4 is 10.3 Å². The summed E-state index contributed by atoms with van der Waals surface area (Å²) < 4.78 is 7.12. The molecule has 0 saturated heterocycles. The number of para-hydroxylation sites is 1. The Hall–Kier alpha value is -2.67. The van der Waals surface area contributed by atoms with E-state index in [4.69, 9.17) is 4.74 Å². The fraction of sp³-hybridized carbons (Fsp3) is 0.235. The Morgan fingerprint density at radius 1 is 1.33 bits per heavy atom. The van der Waals surface area contributed by atoms with E-state index in [0.717, 1.165) is 5.75 Å². The zero-order valence-corrected chi connectivity index (χ0v) is 13.9. The summed E-state index contributed by atoms with van der Waals surface area (Å²) in [6, 6.07) is 9.44. The van der Waals surface area contributed by atoms with Crippen LogP contribution in [0.3, 0.4) is 0 Å². The summed E-state index contributed by atoms with van der Waals surface area (Å²) in [5, 5.41) is 10.9. The number of carboxylic acid groups (broad SMARTS) is 1. The van der Waals surface area contributed by atoms with Gasteiger partial charge in [0, 0.05) is 11.9 Å². The van der Waals surface area contributed by atoms with Gasteiger partial charge in [0.1, 0.15) is 16.4 Å². The predicted molar refractivity (Wildman–Crippen MR) is 92.1 cm³/mol. The molecule has 3 aromatic rings. The monoisotopic (exact) mass is 344 g/mol.